The lowest BCUT2D eigenvalue weighted by molar-refractivity contribution is -0.147. The topological polar surface area (TPSA) is 46.6 Å². The fraction of sp³-hybridized carbons (Fsp3) is 0.214. The highest BCUT2D eigenvalue weighted by molar-refractivity contribution is 8.26. The van der Waals surface area contributed by atoms with Gasteiger partial charge in [0.15, 0.2) is 0 Å². The van der Waals surface area contributed by atoms with Crippen LogP contribution in [0.25, 0.3) is 6.08 Å². The zero-order valence-corrected chi connectivity index (χ0v) is 13.0. The molecule has 1 aromatic rings. The molecule has 1 heterocycles. The van der Waals surface area contributed by atoms with E-state index in [4.69, 9.17) is 12.2 Å². The van der Waals surface area contributed by atoms with Gasteiger partial charge in [-0.05, 0) is 19.1 Å². The molecule has 21 heavy (non-hydrogen) atoms. The Morgan fingerprint density at radius 2 is 2.14 bits per heavy atom. The molecule has 1 atom stereocenters. The second-order valence-corrected chi connectivity index (χ2v) is 5.95. The van der Waals surface area contributed by atoms with Crippen molar-refractivity contribution in [1.82, 2.24) is 4.90 Å². The van der Waals surface area contributed by atoms with Crippen LogP contribution in [0.3, 0.4) is 0 Å². The van der Waals surface area contributed by atoms with Crippen LogP contribution in [-0.4, -0.2) is 34.2 Å². The smallest absolute Gasteiger partial charge is 0.328 e. The third-order valence-electron chi connectivity index (χ3n) is 2.94. The maximum atomic E-state index is 13.6. The first-order valence-electron chi connectivity index (χ1n) is 6.05. The van der Waals surface area contributed by atoms with E-state index in [-0.39, 0.29) is 9.23 Å². The largest absolute Gasteiger partial charge is 0.467 e. The molecule has 0 aromatic heterocycles. The van der Waals surface area contributed by atoms with Crippen molar-refractivity contribution in [3.8, 4) is 0 Å². The normalized spacial score (nSPS) is 18.2. The van der Waals surface area contributed by atoms with Crippen LogP contribution in [0.2, 0.25) is 0 Å². The van der Waals surface area contributed by atoms with E-state index >= 15 is 0 Å². The summed E-state index contributed by atoms with van der Waals surface area (Å²) in [6, 6.07) is 5.30. The van der Waals surface area contributed by atoms with Crippen LogP contribution < -0.4 is 0 Å². The number of thioether (sulfide) groups is 1. The van der Waals surface area contributed by atoms with Crippen LogP contribution in [0.4, 0.5) is 4.39 Å². The van der Waals surface area contributed by atoms with Gasteiger partial charge in [0.1, 0.15) is 16.2 Å². The lowest BCUT2D eigenvalue weighted by Gasteiger charge is -2.20. The third-order valence-corrected chi connectivity index (χ3v) is 4.28. The molecule has 1 amide bonds. The molecule has 1 aromatic carbocycles. The number of hydrogen-bond donors (Lipinski definition) is 0. The molecule has 4 nitrogen and oxygen atoms in total. The number of ether oxygens (including phenoxy) is 1. The van der Waals surface area contributed by atoms with E-state index in [1.165, 1.54) is 31.1 Å². The third kappa shape index (κ3) is 3.14. The van der Waals surface area contributed by atoms with E-state index in [1.807, 2.05) is 0 Å². The summed E-state index contributed by atoms with van der Waals surface area (Å²) in [5.41, 5.74) is 0.295. The molecule has 0 spiro atoms. The van der Waals surface area contributed by atoms with Crippen LogP contribution in [0, 0.1) is 5.82 Å². The van der Waals surface area contributed by atoms with Crippen LogP contribution in [-0.2, 0) is 14.3 Å². The lowest BCUT2D eigenvalue weighted by atomic mass is 10.2. The number of carbonyl (C=O) groups excluding carboxylic acids is 2. The molecule has 1 saturated heterocycles. The fourth-order valence-electron chi connectivity index (χ4n) is 1.82. The number of amides is 1. The highest BCUT2D eigenvalue weighted by Crippen LogP contribution is 2.34. The summed E-state index contributed by atoms with van der Waals surface area (Å²) in [5, 5.41) is 0. The van der Waals surface area contributed by atoms with Crippen LogP contribution in [0.1, 0.15) is 12.5 Å². The van der Waals surface area contributed by atoms with E-state index in [2.05, 4.69) is 4.74 Å². The average Bonchev–Trinajstić information content (AvgIpc) is 2.74. The van der Waals surface area contributed by atoms with Crippen molar-refractivity contribution in [2.75, 3.05) is 7.11 Å². The summed E-state index contributed by atoms with van der Waals surface area (Å²) in [5.74, 6) is -1.41. The van der Waals surface area contributed by atoms with Crippen molar-refractivity contribution in [2.45, 2.75) is 13.0 Å². The number of rotatable bonds is 3. The first-order valence-corrected chi connectivity index (χ1v) is 7.27. The second-order valence-electron chi connectivity index (χ2n) is 4.27. The Morgan fingerprint density at radius 1 is 1.48 bits per heavy atom. The van der Waals surface area contributed by atoms with Crippen LogP contribution in [0.5, 0.6) is 0 Å². The van der Waals surface area contributed by atoms with Gasteiger partial charge in [0.2, 0.25) is 0 Å². The molecule has 2 rings (SSSR count). The number of carbonyl (C=O) groups is 2. The first kappa shape index (κ1) is 15.7. The Kier molecular flexibility index (Phi) is 4.74. The van der Waals surface area contributed by atoms with Crippen molar-refractivity contribution in [2.24, 2.45) is 0 Å². The molecule has 110 valence electrons. The Balaban J connectivity index is 2.30. The maximum absolute atomic E-state index is 13.6. The minimum atomic E-state index is -0.811. The number of esters is 1. The highest BCUT2D eigenvalue weighted by atomic mass is 32.2. The average molecular weight is 325 g/mol. The SMILES string of the molecule is COC(=O)C(C)N1C(=O)/C(=C/c2ccccc2F)SC1=S. The zero-order chi connectivity index (χ0) is 15.6. The van der Waals surface area contributed by atoms with Gasteiger partial charge in [-0.1, -0.05) is 42.2 Å². The van der Waals surface area contributed by atoms with Gasteiger partial charge in [-0.2, -0.15) is 0 Å². The summed E-state index contributed by atoms with van der Waals surface area (Å²) in [4.78, 5) is 25.3. The molecule has 0 aliphatic carbocycles. The molecule has 0 N–H and O–H groups in total. The minimum absolute atomic E-state index is 0.250. The molecule has 1 unspecified atom stereocenters. The van der Waals surface area contributed by atoms with Gasteiger partial charge in [-0.25, -0.2) is 9.18 Å². The van der Waals surface area contributed by atoms with E-state index in [1.54, 1.807) is 18.2 Å². The van der Waals surface area contributed by atoms with Crippen molar-refractivity contribution in [3.63, 3.8) is 0 Å². The second kappa shape index (κ2) is 6.36. The van der Waals surface area contributed by atoms with Gasteiger partial charge in [0, 0.05) is 5.56 Å². The van der Waals surface area contributed by atoms with E-state index in [0.717, 1.165) is 11.8 Å². The van der Waals surface area contributed by atoms with E-state index < -0.39 is 23.7 Å². The van der Waals surface area contributed by atoms with Gasteiger partial charge in [0.25, 0.3) is 5.91 Å². The molecule has 1 aliphatic rings. The Bertz CT molecular complexity index is 645. The van der Waals surface area contributed by atoms with Crippen molar-refractivity contribution in [3.05, 3.63) is 40.6 Å². The summed E-state index contributed by atoms with van der Waals surface area (Å²) in [6.45, 7) is 1.53. The minimum Gasteiger partial charge on any atom is -0.467 e. The van der Waals surface area contributed by atoms with Gasteiger partial charge in [-0.15, -0.1) is 0 Å². The predicted molar refractivity (Wildman–Crippen MR) is 82.9 cm³/mol. The van der Waals surface area contributed by atoms with Crippen LogP contribution >= 0.6 is 24.0 Å². The number of halogens is 1. The van der Waals surface area contributed by atoms with Gasteiger partial charge in [-0.3, -0.25) is 9.69 Å². The van der Waals surface area contributed by atoms with Gasteiger partial charge >= 0.3 is 5.97 Å². The summed E-state index contributed by atoms with van der Waals surface area (Å²) >= 11 is 6.15. The Morgan fingerprint density at radius 3 is 2.76 bits per heavy atom. The van der Waals surface area contributed by atoms with Gasteiger partial charge in [0.05, 0.1) is 12.0 Å². The molecular weight excluding hydrogens is 313 g/mol. The fourth-order valence-corrected chi connectivity index (χ4v) is 3.23. The van der Waals surface area contributed by atoms with E-state index in [0.29, 0.717) is 5.56 Å². The molecule has 0 saturated carbocycles. The first-order chi connectivity index (χ1) is 9.95. The summed E-state index contributed by atoms with van der Waals surface area (Å²) in [7, 11) is 1.24. The molecule has 0 radical (unpaired) electrons. The van der Waals surface area contributed by atoms with Crippen molar-refractivity contribution in [1.29, 1.82) is 0 Å². The highest BCUT2D eigenvalue weighted by Gasteiger charge is 2.38. The molecular formula is C14H12FNO3S2. The number of methoxy groups -OCH3 is 1. The molecule has 1 aliphatic heterocycles. The number of benzene rings is 1. The Labute approximate surface area is 130 Å². The standard InChI is InChI=1S/C14H12FNO3S2/c1-8(13(18)19-2)16-12(17)11(21-14(16)20)7-9-5-3-4-6-10(9)15/h3-8H,1-2H3/b11-7-. The van der Waals surface area contributed by atoms with Crippen molar-refractivity contribution >= 4 is 46.3 Å². The summed E-state index contributed by atoms with van der Waals surface area (Å²) < 4.78 is 18.5. The maximum Gasteiger partial charge on any atom is 0.328 e. The van der Waals surface area contributed by atoms with E-state index in [9.17, 15) is 14.0 Å². The predicted octanol–water partition coefficient (Wildman–Crippen LogP) is 2.59. The quantitative estimate of drug-likeness (QED) is 0.486. The monoisotopic (exact) mass is 325 g/mol. The molecule has 7 heteroatoms. The van der Waals surface area contributed by atoms with Crippen LogP contribution in [0.15, 0.2) is 29.2 Å². The lowest BCUT2D eigenvalue weighted by Crippen LogP contribution is -2.42. The number of hydrogen-bond acceptors (Lipinski definition) is 5. The van der Waals surface area contributed by atoms with Gasteiger partial charge < -0.3 is 4.74 Å². The number of nitrogens with zero attached hydrogens (tertiary/aromatic N) is 1. The summed E-state index contributed by atoms with van der Waals surface area (Å²) in [6.07, 6.45) is 1.43. The van der Waals surface area contributed by atoms with Crippen molar-refractivity contribution < 1.29 is 18.7 Å². The Hall–Kier alpha value is -1.73. The zero-order valence-electron chi connectivity index (χ0n) is 11.3. The molecule has 1 fully saturated rings. The number of thiocarbonyl (C=S) groups is 1. The molecule has 0 bridgehead atoms.